The first-order valence-corrected chi connectivity index (χ1v) is 14.6. The molecule has 4 rings (SSSR count). The Morgan fingerprint density at radius 2 is 1.21 bits per heavy atom. The van der Waals surface area contributed by atoms with E-state index in [2.05, 4.69) is 44.1 Å². The summed E-state index contributed by atoms with van der Waals surface area (Å²) in [6.07, 6.45) is 3.50. The molecule has 4 aromatic rings. The summed E-state index contributed by atoms with van der Waals surface area (Å²) in [5.41, 5.74) is 2.61. The molecule has 4 aromatic heterocycles. The van der Waals surface area contributed by atoms with Crippen molar-refractivity contribution in [2.75, 3.05) is 10.6 Å². The summed E-state index contributed by atoms with van der Waals surface area (Å²) >= 11 is 11.9. The molecule has 0 fully saturated rings. The Morgan fingerprint density at radius 1 is 0.786 bits per heavy atom. The number of rotatable bonds is 8. The zero-order chi connectivity index (χ0) is 31.2. The number of imidazole rings is 2. The van der Waals surface area contributed by atoms with E-state index in [4.69, 9.17) is 23.2 Å². The summed E-state index contributed by atoms with van der Waals surface area (Å²) in [7, 11) is 0. The van der Waals surface area contributed by atoms with Crippen LogP contribution < -0.4 is 10.6 Å². The predicted octanol–water partition coefficient (Wildman–Crippen LogP) is 7.51. The van der Waals surface area contributed by atoms with Gasteiger partial charge in [0.15, 0.2) is 11.3 Å². The van der Waals surface area contributed by atoms with Gasteiger partial charge in [0.1, 0.15) is 21.3 Å². The van der Waals surface area contributed by atoms with Crippen molar-refractivity contribution in [2.24, 2.45) is 10.8 Å². The third kappa shape index (κ3) is 9.25. The van der Waals surface area contributed by atoms with Crippen LogP contribution in [0.15, 0.2) is 36.9 Å². The van der Waals surface area contributed by atoms with E-state index in [0.29, 0.717) is 58.4 Å². The number of anilines is 2. The molecule has 0 aliphatic carbocycles. The normalized spacial score (nSPS) is 11.7. The summed E-state index contributed by atoms with van der Waals surface area (Å²) in [4.78, 5) is 41.6. The number of nitrogens with one attached hydrogen (secondary N) is 2. The number of hydrogen-bond acceptors (Lipinski definition) is 6. The standard InChI is InChI=1S/C15H21ClN4O.C15H19ClN4O/c2*1-5-8-20-13-10(6-7-11(16)18-13)17-14(20)19-12(21)9-15(2,3)4/h6-7H,5,8-9H2,1-4H3,(H,17,19,21);5-7H,1,8-9H2,2-4H3,(H,17,19,21). The SMILES string of the molecule is C=CCn1c(NC(=O)CC(C)(C)C)nc2ccc(Cl)nc21.CCCn1c(NC(=O)CC(C)(C)C)nc2ccc(Cl)nc21. The van der Waals surface area contributed by atoms with Gasteiger partial charge in [-0.25, -0.2) is 19.9 Å². The minimum atomic E-state index is -0.0824. The molecule has 2 N–H and O–H groups in total. The van der Waals surface area contributed by atoms with Crippen molar-refractivity contribution in [3.8, 4) is 0 Å². The Bertz CT molecular complexity index is 1580. The summed E-state index contributed by atoms with van der Waals surface area (Å²) in [6, 6.07) is 6.98. The minimum Gasteiger partial charge on any atom is -0.296 e. The number of halogens is 2. The Balaban J connectivity index is 0.000000230. The van der Waals surface area contributed by atoms with E-state index in [1.54, 1.807) is 28.8 Å². The number of allylic oxidation sites excluding steroid dienone is 1. The molecule has 12 heteroatoms. The summed E-state index contributed by atoms with van der Waals surface area (Å²) in [6.45, 7) is 19.2. The Kier molecular flexibility index (Phi) is 10.7. The predicted molar refractivity (Wildman–Crippen MR) is 171 cm³/mol. The number of aryl methyl sites for hydroxylation is 1. The van der Waals surface area contributed by atoms with E-state index in [1.165, 1.54) is 0 Å². The fraction of sp³-hybridized carbons (Fsp3) is 0.467. The van der Waals surface area contributed by atoms with Gasteiger partial charge in [-0.1, -0.05) is 77.7 Å². The fourth-order valence-electron chi connectivity index (χ4n) is 4.19. The van der Waals surface area contributed by atoms with E-state index in [-0.39, 0.29) is 22.6 Å². The van der Waals surface area contributed by atoms with Gasteiger partial charge in [-0.2, -0.15) is 0 Å². The second-order valence-electron chi connectivity index (χ2n) is 12.4. The van der Waals surface area contributed by atoms with Crippen LogP contribution in [0.5, 0.6) is 0 Å². The smallest absolute Gasteiger partial charge is 0.227 e. The number of carbonyl (C=O) groups is 2. The summed E-state index contributed by atoms with van der Waals surface area (Å²) in [5.74, 6) is 0.889. The van der Waals surface area contributed by atoms with Crippen molar-refractivity contribution in [3.05, 3.63) is 47.2 Å². The van der Waals surface area contributed by atoms with Gasteiger partial charge in [-0.05, 0) is 41.5 Å². The third-order valence-electron chi connectivity index (χ3n) is 5.76. The third-order valence-corrected chi connectivity index (χ3v) is 6.18. The number of pyridine rings is 2. The highest BCUT2D eigenvalue weighted by Gasteiger charge is 2.20. The maximum absolute atomic E-state index is 12.1. The number of aromatic nitrogens is 6. The molecule has 4 heterocycles. The average molecular weight is 616 g/mol. The molecule has 0 bridgehead atoms. The highest BCUT2D eigenvalue weighted by molar-refractivity contribution is 6.30. The van der Waals surface area contributed by atoms with Crippen LogP contribution in [-0.4, -0.2) is 40.9 Å². The van der Waals surface area contributed by atoms with Gasteiger partial charge in [0.05, 0.1) is 0 Å². The molecular formula is C30H40Cl2N8O2. The van der Waals surface area contributed by atoms with Gasteiger partial charge in [-0.3, -0.25) is 29.4 Å². The summed E-state index contributed by atoms with van der Waals surface area (Å²) < 4.78 is 3.69. The number of fused-ring (bicyclic) bond motifs is 2. The molecule has 0 radical (unpaired) electrons. The van der Waals surface area contributed by atoms with Crippen LogP contribution in [0.3, 0.4) is 0 Å². The Morgan fingerprint density at radius 3 is 1.62 bits per heavy atom. The first-order chi connectivity index (χ1) is 19.6. The number of carbonyl (C=O) groups excluding carboxylic acids is 2. The van der Waals surface area contributed by atoms with Crippen LogP contribution in [0.4, 0.5) is 11.9 Å². The Labute approximate surface area is 256 Å². The molecule has 0 aromatic carbocycles. The maximum Gasteiger partial charge on any atom is 0.227 e. The van der Waals surface area contributed by atoms with Gasteiger partial charge in [-0.15, -0.1) is 6.58 Å². The van der Waals surface area contributed by atoms with Gasteiger partial charge in [0.25, 0.3) is 0 Å². The number of amides is 2. The van der Waals surface area contributed by atoms with Crippen molar-refractivity contribution in [1.29, 1.82) is 0 Å². The molecule has 0 aliphatic rings. The van der Waals surface area contributed by atoms with Gasteiger partial charge >= 0.3 is 0 Å². The lowest BCUT2D eigenvalue weighted by molar-refractivity contribution is -0.118. The molecule has 226 valence electrons. The van der Waals surface area contributed by atoms with Gasteiger partial charge in [0, 0.05) is 25.9 Å². The van der Waals surface area contributed by atoms with E-state index in [1.807, 2.05) is 52.2 Å². The topological polar surface area (TPSA) is 120 Å². The molecule has 0 aliphatic heterocycles. The van der Waals surface area contributed by atoms with Crippen LogP contribution in [-0.2, 0) is 22.7 Å². The molecule has 0 spiro atoms. The molecule has 0 saturated heterocycles. The van der Waals surface area contributed by atoms with Gasteiger partial charge in [0.2, 0.25) is 23.7 Å². The highest BCUT2D eigenvalue weighted by atomic mass is 35.5. The minimum absolute atomic E-state index is 0.0405. The van der Waals surface area contributed by atoms with E-state index >= 15 is 0 Å². The first kappa shape index (κ1) is 33.0. The van der Waals surface area contributed by atoms with Crippen LogP contribution in [0.2, 0.25) is 10.3 Å². The molecule has 42 heavy (non-hydrogen) atoms. The molecular weight excluding hydrogens is 575 g/mol. The zero-order valence-electron chi connectivity index (χ0n) is 25.4. The lowest BCUT2D eigenvalue weighted by Gasteiger charge is -2.17. The van der Waals surface area contributed by atoms with Crippen LogP contribution in [0.1, 0.15) is 67.7 Å². The highest BCUT2D eigenvalue weighted by Crippen LogP contribution is 2.24. The molecule has 0 atom stereocenters. The summed E-state index contributed by atoms with van der Waals surface area (Å²) in [5, 5.41) is 6.55. The van der Waals surface area contributed by atoms with Crippen LogP contribution in [0.25, 0.3) is 22.3 Å². The Hall–Kier alpha value is -3.50. The number of hydrogen-bond donors (Lipinski definition) is 2. The second kappa shape index (κ2) is 13.6. The van der Waals surface area contributed by atoms with Crippen molar-refractivity contribution in [1.82, 2.24) is 29.1 Å². The maximum atomic E-state index is 12.1. The molecule has 0 saturated carbocycles. The molecule has 10 nitrogen and oxygen atoms in total. The lowest BCUT2D eigenvalue weighted by atomic mass is 9.92. The van der Waals surface area contributed by atoms with Crippen molar-refractivity contribution >= 4 is 69.2 Å². The first-order valence-electron chi connectivity index (χ1n) is 13.9. The van der Waals surface area contributed by atoms with Crippen molar-refractivity contribution < 1.29 is 9.59 Å². The van der Waals surface area contributed by atoms with Gasteiger partial charge < -0.3 is 0 Å². The molecule has 2 amide bonds. The fourth-order valence-corrected chi connectivity index (χ4v) is 4.47. The van der Waals surface area contributed by atoms with E-state index in [0.717, 1.165) is 18.5 Å². The van der Waals surface area contributed by atoms with Crippen LogP contribution in [0, 0.1) is 10.8 Å². The molecule has 0 unspecified atom stereocenters. The van der Waals surface area contributed by atoms with Crippen molar-refractivity contribution in [3.63, 3.8) is 0 Å². The van der Waals surface area contributed by atoms with Crippen molar-refractivity contribution in [2.45, 2.75) is 80.8 Å². The quantitative estimate of drug-likeness (QED) is 0.156. The van der Waals surface area contributed by atoms with Crippen LogP contribution >= 0.6 is 23.2 Å². The monoisotopic (exact) mass is 614 g/mol. The largest absolute Gasteiger partial charge is 0.296 e. The van der Waals surface area contributed by atoms with E-state index in [9.17, 15) is 9.59 Å². The zero-order valence-corrected chi connectivity index (χ0v) is 26.9. The lowest BCUT2D eigenvalue weighted by Crippen LogP contribution is -2.21. The second-order valence-corrected chi connectivity index (χ2v) is 13.2. The number of nitrogens with zero attached hydrogens (tertiary/aromatic N) is 6. The van der Waals surface area contributed by atoms with E-state index < -0.39 is 0 Å². The average Bonchev–Trinajstić information content (AvgIpc) is 3.34.